The molecule has 1 aliphatic heterocycles. The van der Waals surface area contributed by atoms with Crippen LogP contribution in [0.25, 0.3) is 0 Å². The molecule has 1 saturated heterocycles. The Hall–Kier alpha value is -1.35. The van der Waals surface area contributed by atoms with Crippen LogP contribution in [0.1, 0.15) is 39.7 Å². The van der Waals surface area contributed by atoms with Gasteiger partial charge in [0.1, 0.15) is 0 Å². The van der Waals surface area contributed by atoms with Crippen LogP contribution in [0.2, 0.25) is 0 Å². The molecule has 1 aromatic rings. The van der Waals surface area contributed by atoms with Gasteiger partial charge in [0.05, 0.1) is 5.54 Å². The van der Waals surface area contributed by atoms with Gasteiger partial charge in [-0.1, -0.05) is 30.3 Å². The van der Waals surface area contributed by atoms with Crippen LogP contribution in [0.5, 0.6) is 0 Å². The monoisotopic (exact) mass is 260 g/mol. The molecule has 1 amide bonds. The highest BCUT2D eigenvalue weighted by Gasteiger charge is 2.41. The van der Waals surface area contributed by atoms with Crippen molar-refractivity contribution < 1.29 is 4.79 Å². The van der Waals surface area contributed by atoms with Gasteiger partial charge in [0, 0.05) is 12.1 Å². The van der Waals surface area contributed by atoms with Crippen molar-refractivity contribution in [3.05, 3.63) is 35.9 Å². The van der Waals surface area contributed by atoms with Crippen molar-refractivity contribution in [3.63, 3.8) is 0 Å². The summed E-state index contributed by atoms with van der Waals surface area (Å²) < 4.78 is 0. The average Bonchev–Trinajstić information content (AvgIpc) is 2.41. The molecule has 0 saturated carbocycles. The third-order valence-electron chi connectivity index (χ3n) is 4.00. The van der Waals surface area contributed by atoms with E-state index in [1.54, 1.807) is 0 Å². The number of carbonyl (C=O) groups is 1. The molecular formula is C16H24N2O. The molecule has 1 aromatic carbocycles. The van der Waals surface area contributed by atoms with E-state index in [2.05, 4.69) is 31.3 Å². The summed E-state index contributed by atoms with van der Waals surface area (Å²) in [6.07, 6.45) is 0.967. The summed E-state index contributed by atoms with van der Waals surface area (Å²) in [5, 5.41) is 3.35. The van der Waals surface area contributed by atoms with Crippen molar-refractivity contribution in [3.8, 4) is 0 Å². The first-order valence-corrected chi connectivity index (χ1v) is 6.94. The van der Waals surface area contributed by atoms with Crippen LogP contribution in [-0.4, -0.2) is 28.4 Å². The second-order valence-corrected chi connectivity index (χ2v) is 6.49. The molecule has 1 N–H and O–H groups in total. The fraction of sp³-hybridized carbons (Fsp3) is 0.562. The summed E-state index contributed by atoms with van der Waals surface area (Å²) in [6.45, 7) is 9.78. The van der Waals surface area contributed by atoms with Crippen molar-refractivity contribution in [2.24, 2.45) is 0 Å². The topological polar surface area (TPSA) is 32.3 Å². The van der Waals surface area contributed by atoms with E-state index in [9.17, 15) is 4.79 Å². The second kappa shape index (κ2) is 4.97. The predicted molar refractivity (Wildman–Crippen MR) is 77.8 cm³/mol. The third-order valence-corrected chi connectivity index (χ3v) is 4.00. The minimum absolute atomic E-state index is 0.117. The molecule has 1 fully saturated rings. The van der Waals surface area contributed by atoms with Crippen LogP contribution >= 0.6 is 0 Å². The standard InChI is InChI=1S/C16H24N2O/c1-15(2)10-11-17-16(3,4)14(19)18(15)12-13-8-6-5-7-9-13/h5-9,17H,10-12H2,1-4H3. The largest absolute Gasteiger partial charge is 0.332 e. The van der Waals surface area contributed by atoms with Gasteiger partial charge in [-0.05, 0) is 46.2 Å². The van der Waals surface area contributed by atoms with E-state index in [1.165, 1.54) is 5.56 Å². The average molecular weight is 260 g/mol. The van der Waals surface area contributed by atoms with Crippen LogP contribution in [0.4, 0.5) is 0 Å². The molecule has 0 unspecified atom stereocenters. The summed E-state index contributed by atoms with van der Waals surface area (Å²) in [7, 11) is 0. The van der Waals surface area contributed by atoms with Gasteiger partial charge in [-0.15, -0.1) is 0 Å². The SMILES string of the molecule is CC1(C)NCCC(C)(C)N(Cc2ccccc2)C1=O. The summed E-state index contributed by atoms with van der Waals surface area (Å²) in [6, 6.07) is 10.2. The van der Waals surface area contributed by atoms with E-state index < -0.39 is 5.54 Å². The molecule has 0 aromatic heterocycles. The zero-order valence-corrected chi connectivity index (χ0v) is 12.4. The number of amides is 1. The van der Waals surface area contributed by atoms with E-state index in [0.717, 1.165) is 13.0 Å². The van der Waals surface area contributed by atoms with Crippen molar-refractivity contribution in [2.75, 3.05) is 6.54 Å². The minimum atomic E-state index is -0.484. The Bertz CT molecular complexity index is 451. The summed E-state index contributed by atoms with van der Waals surface area (Å²) in [4.78, 5) is 14.8. The highest BCUT2D eigenvalue weighted by molar-refractivity contribution is 5.86. The normalized spacial score (nSPS) is 22.1. The van der Waals surface area contributed by atoms with Gasteiger partial charge in [-0.25, -0.2) is 0 Å². The minimum Gasteiger partial charge on any atom is -0.332 e. The van der Waals surface area contributed by atoms with E-state index in [-0.39, 0.29) is 11.4 Å². The van der Waals surface area contributed by atoms with E-state index in [1.807, 2.05) is 36.9 Å². The van der Waals surface area contributed by atoms with Gasteiger partial charge < -0.3 is 10.2 Å². The van der Waals surface area contributed by atoms with Gasteiger partial charge in [0.15, 0.2) is 0 Å². The zero-order chi connectivity index (χ0) is 14.1. The Morgan fingerprint density at radius 1 is 1.16 bits per heavy atom. The van der Waals surface area contributed by atoms with Crippen LogP contribution < -0.4 is 5.32 Å². The number of benzene rings is 1. The van der Waals surface area contributed by atoms with Crippen molar-refractivity contribution >= 4 is 5.91 Å². The molecule has 0 bridgehead atoms. The molecule has 104 valence electrons. The van der Waals surface area contributed by atoms with Crippen molar-refractivity contribution in [2.45, 2.75) is 51.7 Å². The molecule has 0 radical (unpaired) electrons. The lowest BCUT2D eigenvalue weighted by Gasteiger charge is -2.39. The lowest BCUT2D eigenvalue weighted by Crippen LogP contribution is -2.55. The van der Waals surface area contributed by atoms with Crippen LogP contribution in [0, 0.1) is 0 Å². The molecule has 3 nitrogen and oxygen atoms in total. The molecule has 1 aliphatic rings. The van der Waals surface area contributed by atoms with E-state index in [4.69, 9.17) is 0 Å². The number of nitrogens with one attached hydrogen (secondary N) is 1. The first kappa shape index (κ1) is 14.1. The maximum Gasteiger partial charge on any atom is 0.243 e. The van der Waals surface area contributed by atoms with Gasteiger partial charge in [0.2, 0.25) is 5.91 Å². The highest BCUT2D eigenvalue weighted by Crippen LogP contribution is 2.27. The Labute approximate surface area is 116 Å². The second-order valence-electron chi connectivity index (χ2n) is 6.49. The molecular weight excluding hydrogens is 236 g/mol. The summed E-state index contributed by atoms with van der Waals surface area (Å²) >= 11 is 0. The van der Waals surface area contributed by atoms with E-state index >= 15 is 0 Å². The molecule has 0 aliphatic carbocycles. The fourth-order valence-electron chi connectivity index (χ4n) is 2.56. The van der Waals surface area contributed by atoms with Gasteiger partial charge >= 0.3 is 0 Å². The Balaban J connectivity index is 2.29. The van der Waals surface area contributed by atoms with Crippen LogP contribution in [0.3, 0.4) is 0 Å². The molecule has 0 spiro atoms. The smallest absolute Gasteiger partial charge is 0.243 e. The Morgan fingerprint density at radius 2 is 1.79 bits per heavy atom. The Morgan fingerprint density at radius 3 is 2.42 bits per heavy atom. The molecule has 0 atom stereocenters. The first-order chi connectivity index (χ1) is 8.83. The number of nitrogens with zero attached hydrogens (tertiary/aromatic N) is 1. The predicted octanol–water partition coefficient (Wildman–Crippen LogP) is 2.57. The van der Waals surface area contributed by atoms with Crippen molar-refractivity contribution in [1.29, 1.82) is 0 Å². The first-order valence-electron chi connectivity index (χ1n) is 6.94. The lowest BCUT2D eigenvalue weighted by atomic mass is 9.96. The number of hydrogen-bond acceptors (Lipinski definition) is 2. The lowest BCUT2D eigenvalue weighted by molar-refractivity contribution is -0.141. The Kier molecular flexibility index (Phi) is 3.68. The van der Waals surface area contributed by atoms with Gasteiger partial charge in [-0.3, -0.25) is 4.79 Å². The molecule has 2 rings (SSSR count). The highest BCUT2D eigenvalue weighted by atomic mass is 16.2. The number of carbonyl (C=O) groups excluding carboxylic acids is 1. The van der Waals surface area contributed by atoms with E-state index in [0.29, 0.717) is 6.54 Å². The zero-order valence-electron chi connectivity index (χ0n) is 12.4. The number of hydrogen-bond donors (Lipinski definition) is 1. The van der Waals surface area contributed by atoms with Crippen molar-refractivity contribution in [1.82, 2.24) is 10.2 Å². The maximum absolute atomic E-state index is 12.8. The van der Waals surface area contributed by atoms with Gasteiger partial charge in [0.25, 0.3) is 0 Å². The summed E-state index contributed by atoms with van der Waals surface area (Å²) in [5.41, 5.74) is 0.581. The number of rotatable bonds is 2. The molecule has 19 heavy (non-hydrogen) atoms. The van der Waals surface area contributed by atoms with Crippen LogP contribution in [-0.2, 0) is 11.3 Å². The molecule has 1 heterocycles. The quantitative estimate of drug-likeness (QED) is 0.886. The van der Waals surface area contributed by atoms with Gasteiger partial charge in [-0.2, -0.15) is 0 Å². The molecule has 3 heteroatoms. The van der Waals surface area contributed by atoms with Crippen LogP contribution in [0.15, 0.2) is 30.3 Å². The summed E-state index contributed by atoms with van der Waals surface area (Å²) in [5.74, 6) is 0.179. The third kappa shape index (κ3) is 2.98. The maximum atomic E-state index is 12.8. The fourth-order valence-corrected chi connectivity index (χ4v) is 2.56.